The topological polar surface area (TPSA) is 63.4 Å². The molecule has 0 amide bonds. The molecule has 112 valence electrons. The summed E-state index contributed by atoms with van der Waals surface area (Å²) in [5.41, 5.74) is 6.59. The van der Waals surface area contributed by atoms with Gasteiger partial charge in [0.1, 0.15) is 10.7 Å². The van der Waals surface area contributed by atoms with Crippen LogP contribution >= 0.6 is 0 Å². The molecular formula is C14H21FN2O2S. The highest BCUT2D eigenvalue weighted by molar-refractivity contribution is 7.89. The van der Waals surface area contributed by atoms with Crippen LogP contribution in [0, 0.1) is 12.7 Å². The largest absolute Gasteiger partial charge is 0.326 e. The molecule has 1 aromatic carbocycles. The lowest BCUT2D eigenvalue weighted by molar-refractivity contribution is 0.226. The van der Waals surface area contributed by atoms with E-state index in [0.717, 1.165) is 19.3 Å². The van der Waals surface area contributed by atoms with Crippen LogP contribution in [0.15, 0.2) is 23.1 Å². The van der Waals surface area contributed by atoms with E-state index < -0.39 is 15.8 Å². The van der Waals surface area contributed by atoms with E-state index in [1.165, 1.54) is 16.4 Å². The van der Waals surface area contributed by atoms with E-state index in [0.29, 0.717) is 12.1 Å². The Morgan fingerprint density at radius 1 is 1.40 bits per heavy atom. The second-order valence-corrected chi connectivity index (χ2v) is 7.33. The number of benzene rings is 1. The van der Waals surface area contributed by atoms with Crippen molar-refractivity contribution in [3.05, 3.63) is 29.6 Å². The van der Waals surface area contributed by atoms with E-state index in [2.05, 4.69) is 0 Å². The second kappa shape index (κ2) is 5.79. The van der Waals surface area contributed by atoms with Gasteiger partial charge < -0.3 is 5.73 Å². The summed E-state index contributed by atoms with van der Waals surface area (Å²) in [7, 11) is -3.83. The monoisotopic (exact) mass is 300 g/mol. The molecule has 0 radical (unpaired) electrons. The zero-order valence-electron chi connectivity index (χ0n) is 11.8. The predicted molar refractivity (Wildman–Crippen MR) is 76.3 cm³/mol. The Morgan fingerprint density at radius 3 is 2.70 bits per heavy atom. The van der Waals surface area contributed by atoms with Gasteiger partial charge in [-0.25, -0.2) is 12.8 Å². The number of hydrogen-bond acceptors (Lipinski definition) is 3. The van der Waals surface area contributed by atoms with Crippen LogP contribution in [-0.2, 0) is 10.0 Å². The molecule has 1 aliphatic heterocycles. The fraction of sp³-hybridized carbons (Fsp3) is 0.571. The summed E-state index contributed by atoms with van der Waals surface area (Å²) in [5, 5.41) is 0. The zero-order chi connectivity index (χ0) is 14.9. The molecule has 0 aromatic heterocycles. The highest BCUT2D eigenvalue weighted by Gasteiger charge is 2.36. The van der Waals surface area contributed by atoms with Crippen LogP contribution in [0.2, 0.25) is 0 Å². The summed E-state index contributed by atoms with van der Waals surface area (Å²) >= 11 is 0. The van der Waals surface area contributed by atoms with E-state index in [4.69, 9.17) is 5.73 Å². The third kappa shape index (κ3) is 2.87. The number of sulfonamides is 1. The first-order valence-corrected chi connectivity index (χ1v) is 8.31. The minimum absolute atomic E-state index is 0.254. The van der Waals surface area contributed by atoms with Gasteiger partial charge in [-0.1, -0.05) is 12.5 Å². The van der Waals surface area contributed by atoms with Crippen molar-refractivity contribution in [2.45, 2.75) is 50.1 Å². The number of hydrogen-bond donors (Lipinski definition) is 1. The maximum Gasteiger partial charge on any atom is 0.246 e. The summed E-state index contributed by atoms with van der Waals surface area (Å²) in [4.78, 5) is -0.254. The molecule has 2 rings (SSSR count). The van der Waals surface area contributed by atoms with Crippen molar-refractivity contribution in [2.75, 3.05) is 6.54 Å². The summed E-state index contributed by atoms with van der Waals surface area (Å²) in [6.45, 7) is 3.93. The van der Waals surface area contributed by atoms with Gasteiger partial charge in [0, 0.05) is 18.6 Å². The molecule has 6 heteroatoms. The van der Waals surface area contributed by atoms with Gasteiger partial charge in [-0.2, -0.15) is 4.31 Å². The van der Waals surface area contributed by atoms with Crippen LogP contribution in [0.4, 0.5) is 4.39 Å². The maximum atomic E-state index is 14.0. The van der Waals surface area contributed by atoms with Crippen molar-refractivity contribution in [1.82, 2.24) is 4.31 Å². The van der Waals surface area contributed by atoms with Crippen LogP contribution in [0.3, 0.4) is 0 Å². The smallest absolute Gasteiger partial charge is 0.246 e. The van der Waals surface area contributed by atoms with Gasteiger partial charge in [-0.3, -0.25) is 0 Å². The molecule has 2 atom stereocenters. The first kappa shape index (κ1) is 15.4. The van der Waals surface area contributed by atoms with Gasteiger partial charge >= 0.3 is 0 Å². The minimum Gasteiger partial charge on any atom is -0.326 e. The lowest BCUT2D eigenvalue weighted by Gasteiger charge is -2.36. The zero-order valence-corrected chi connectivity index (χ0v) is 12.7. The van der Waals surface area contributed by atoms with E-state index in [1.807, 2.05) is 0 Å². The van der Waals surface area contributed by atoms with Gasteiger partial charge in [-0.15, -0.1) is 0 Å². The standard InChI is InChI=1S/C14H21FN2O2S/c1-10-6-7-14(12(15)9-10)20(18,19)17-8-4-3-5-13(17)11(2)16/h6-7,9,11,13H,3-5,8,16H2,1-2H3. The number of halogens is 1. The van der Waals surface area contributed by atoms with Crippen molar-refractivity contribution in [1.29, 1.82) is 0 Å². The van der Waals surface area contributed by atoms with E-state index in [-0.39, 0.29) is 17.0 Å². The molecular weight excluding hydrogens is 279 g/mol. The minimum atomic E-state index is -3.83. The Morgan fingerprint density at radius 2 is 2.10 bits per heavy atom. The fourth-order valence-corrected chi connectivity index (χ4v) is 4.52. The summed E-state index contributed by atoms with van der Waals surface area (Å²) in [5.74, 6) is -0.695. The fourth-order valence-electron chi connectivity index (χ4n) is 2.70. The molecule has 0 saturated carbocycles. The Bertz CT molecular complexity index is 587. The number of aryl methyl sites for hydroxylation is 1. The maximum absolute atomic E-state index is 14.0. The molecule has 2 N–H and O–H groups in total. The average molecular weight is 300 g/mol. The van der Waals surface area contributed by atoms with Gasteiger partial charge in [0.05, 0.1) is 0 Å². The molecule has 1 aliphatic rings. The average Bonchev–Trinajstić information content (AvgIpc) is 2.38. The first-order chi connectivity index (χ1) is 9.34. The van der Waals surface area contributed by atoms with Crippen molar-refractivity contribution in [3.8, 4) is 0 Å². The molecule has 1 fully saturated rings. The molecule has 0 spiro atoms. The van der Waals surface area contributed by atoms with Crippen LogP contribution in [0.1, 0.15) is 31.7 Å². The summed E-state index contributed by atoms with van der Waals surface area (Å²) < 4.78 is 40.7. The lowest BCUT2D eigenvalue weighted by atomic mass is 10.00. The SMILES string of the molecule is Cc1ccc(S(=O)(=O)N2CCCCC2C(C)N)c(F)c1. The molecule has 4 nitrogen and oxygen atoms in total. The molecule has 20 heavy (non-hydrogen) atoms. The van der Waals surface area contributed by atoms with Crippen LogP contribution < -0.4 is 5.73 Å². The molecule has 1 saturated heterocycles. The van der Waals surface area contributed by atoms with Crippen LogP contribution in [-0.4, -0.2) is 31.4 Å². The lowest BCUT2D eigenvalue weighted by Crippen LogP contribution is -2.51. The van der Waals surface area contributed by atoms with Crippen molar-refractivity contribution in [2.24, 2.45) is 5.73 Å². The molecule has 0 bridgehead atoms. The summed E-state index contributed by atoms with van der Waals surface area (Å²) in [6.07, 6.45) is 2.47. The van der Waals surface area contributed by atoms with Crippen LogP contribution in [0.25, 0.3) is 0 Å². The normalized spacial score (nSPS) is 22.7. The predicted octanol–water partition coefficient (Wildman–Crippen LogP) is 2.02. The Hall–Kier alpha value is -0.980. The number of nitrogens with two attached hydrogens (primary N) is 1. The third-order valence-electron chi connectivity index (χ3n) is 3.78. The Balaban J connectivity index is 2.42. The third-order valence-corrected chi connectivity index (χ3v) is 5.74. The molecule has 1 heterocycles. The summed E-state index contributed by atoms with van der Waals surface area (Å²) in [6, 6.07) is 3.68. The molecule has 0 aliphatic carbocycles. The highest BCUT2D eigenvalue weighted by Crippen LogP contribution is 2.28. The van der Waals surface area contributed by atoms with Gasteiger partial charge in [0.15, 0.2) is 0 Å². The van der Waals surface area contributed by atoms with Gasteiger partial charge in [0.25, 0.3) is 0 Å². The van der Waals surface area contributed by atoms with E-state index in [9.17, 15) is 12.8 Å². The van der Waals surface area contributed by atoms with Gasteiger partial charge in [-0.05, 0) is 44.4 Å². The van der Waals surface area contributed by atoms with Crippen LogP contribution in [0.5, 0.6) is 0 Å². The molecule has 2 unspecified atom stereocenters. The number of nitrogens with zero attached hydrogens (tertiary/aromatic N) is 1. The van der Waals surface area contributed by atoms with Crippen molar-refractivity contribution >= 4 is 10.0 Å². The molecule has 1 aromatic rings. The Labute approximate surface area is 119 Å². The van der Waals surface area contributed by atoms with Crippen molar-refractivity contribution in [3.63, 3.8) is 0 Å². The first-order valence-electron chi connectivity index (χ1n) is 6.87. The second-order valence-electron chi connectivity index (χ2n) is 5.47. The number of rotatable bonds is 3. The highest BCUT2D eigenvalue weighted by atomic mass is 32.2. The number of piperidine rings is 1. The van der Waals surface area contributed by atoms with E-state index >= 15 is 0 Å². The van der Waals surface area contributed by atoms with Crippen molar-refractivity contribution < 1.29 is 12.8 Å². The van der Waals surface area contributed by atoms with E-state index in [1.54, 1.807) is 19.9 Å². The Kier molecular flexibility index (Phi) is 4.46. The van der Waals surface area contributed by atoms with Gasteiger partial charge in [0.2, 0.25) is 10.0 Å². The quantitative estimate of drug-likeness (QED) is 0.929.